The number of alkyl carbamates (subject to hydrolysis) is 1. The molecule has 2 N–H and O–H groups in total. The van der Waals surface area contributed by atoms with Crippen LogP contribution in [0.5, 0.6) is 5.75 Å². The van der Waals surface area contributed by atoms with Crippen molar-refractivity contribution >= 4 is 25.3 Å². The molecule has 0 aliphatic rings. The first-order valence-electron chi connectivity index (χ1n) is 9.03. The first-order chi connectivity index (χ1) is 13.0. The van der Waals surface area contributed by atoms with E-state index >= 15 is 0 Å². The summed E-state index contributed by atoms with van der Waals surface area (Å²) in [5.41, 5.74) is 0.148. The summed E-state index contributed by atoms with van der Waals surface area (Å²) in [6, 6.07) is 5.87. The van der Waals surface area contributed by atoms with E-state index in [-0.39, 0.29) is 23.7 Å². The van der Waals surface area contributed by atoms with Crippen LogP contribution >= 0.6 is 19.2 Å². The molecule has 1 aromatic rings. The van der Waals surface area contributed by atoms with Gasteiger partial charge in [-0.3, -0.25) is 4.57 Å². The van der Waals surface area contributed by atoms with Crippen molar-refractivity contribution in [2.75, 3.05) is 13.2 Å². The predicted octanol–water partition coefficient (Wildman–Crippen LogP) is 5.17. The Balaban J connectivity index is 3.11. The Hall–Kier alpha value is -1.53. The first-order valence-corrected chi connectivity index (χ1v) is 11.0. The summed E-state index contributed by atoms with van der Waals surface area (Å²) in [6.07, 6.45) is 1.12. The van der Waals surface area contributed by atoms with Crippen molar-refractivity contribution in [3.05, 3.63) is 40.7 Å². The average molecular weight is 434 g/mol. The van der Waals surface area contributed by atoms with Gasteiger partial charge in [-0.2, -0.15) is 0 Å². The van der Waals surface area contributed by atoms with Crippen LogP contribution in [0.1, 0.15) is 40.2 Å². The maximum atomic E-state index is 12.8. The van der Waals surface area contributed by atoms with E-state index < -0.39 is 25.3 Å². The molecule has 0 saturated heterocycles. The maximum Gasteiger partial charge on any atom is 0.408 e. The zero-order valence-corrected chi connectivity index (χ0v) is 18.5. The molecule has 0 saturated carbocycles. The van der Waals surface area contributed by atoms with Gasteiger partial charge in [0.1, 0.15) is 16.1 Å². The second kappa shape index (κ2) is 10.9. The molecule has 1 aromatic carbocycles. The molecule has 0 aliphatic heterocycles. The van der Waals surface area contributed by atoms with Crippen LogP contribution in [0.25, 0.3) is 0 Å². The Morgan fingerprint density at radius 3 is 2.21 bits per heavy atom. The molecule has 1 atom stereocenters. The highest BCUT2D eigenvalue weighted by Crippen LogP contribution is 2.57. The lowest BCUT2D eigenvalue weighted by Gasteiger charge is -2.23. The molecule has 0 unspecified atom stereocenters. The number of nitrogens with one attached hydrogen (secondary N) is 1. The third-order valence-corrected chi connectivity index (χ3v) is 5.91. The fourth-order valence-electron chi connectivity index (χ4n) is 2.25. The van der Waals surface area contributed by atoms with Gasteiger partial charge in [0.25, 0.3) is 0 Å². The molecule has 0 bridgehead atoms. The van der Waals surface area contributed by atoms with Gasteiger partial charge >= 0.3 is 13.7 Å². The number of phenols is 1. The van der Waals surface area contributed by atoms with Gasteiger partial charge in [-0.25, -0.2) is 4.79 Å². The van der Waals surface area contributed by atoms with Crippen LogP contribution in [-0.4, -0.2) is 36.1 Å². The van der Waals surface area contributed by atoms with E-state index in [1.54, 1.807) is 46.8 Å². The lowest BCUT2D eigenvalue weighted by atomic mass is 10.1. The first kappa shape index (κ1) is 24.5. The zero-order chi connectivity index (χ0) is 21.4. The molecule has 9 heteroatoms. The van der Waals surface area contributed by atoms with Crippen LogP contribution < -0.4 is 5.32 Å². The average Bonchev–Trinajstić information content (AvgIpc) is 2.55. The van der Waals surface area contributed by atoms with Gasteiger partial charge < -0.3 is 24.2 Å². The highest BCUT2D eigenvalue weighted by atomic mass is 35.5. The monoisotopic (exact) mass is 433 g/mol. The lowest BCUT2D eigenvalue weighted by molar-refractivity contribution is 0.0514. The SMILES string of the molecule is CCOP(=O)(OCC)C(Cl)=C[C@@H](Cc1ccc(O)cc1)NC(=O)OC(C)(C)C. The number of halogens is 1. The molecular formula is C19H29ClNO6P. The van der Waals surface area contributed by atoms with Crippen molar-refractivity contribution in [3.63, 3.8) is 0 Å². The second-order valence-corrected chi connectivity index (χ2v) is 9.61. The number of rotatable bonds is 9. The molecule has 28 heavy (non-hydrogen) atoms. The van der Waals surface area contributed by atoms with Crippen molar-refractivity contribution in [1.29, 1.82) is 0 Å². The molecule has 0 radical (unpaired) electrons. The van der Waals surface area contributed by atoms with Crippen molar-refractivity contribution < 1.29 is 28.3 Å². The number of carbonyl (C=O) groups is 1. The minimum Gasteiger partial charge on any atom is -0.508 e. The minimum atomic E-state index is -3.67. The molecule has 0 aliphatic carbocycles. The van der Waals surface area contributed by atoms with Crippen molar-refractivity contribution in [2.45, 2.75) is 52.7 Å². The Morgan fingerprint density at radius 2 is 1.75 bits per heavy atom. The summed E-state index contributed by atoms with van der Waals surface area (Å²) in [4.78, 5) is 12.2. The number of benzene rings is 1. The van der Waals surface area contributed by atoms with E-state index in [1.807, 2.05) is 0 Å². The summed E-state index contributed by atoms with van der Waals surface area (Å²) in [7, 11) is -3.67. The molecule has 0 spiro atoms. The standard InChI is InChI=1S/C19H29ClNO6P/c1-6-25-28(24,26-7-2)17(20)13-15(21-18(23)27-19(3,4)5)12-14-8-10-16(22)11-9-14/h8-11,13,15,22H,6-7,12H2,1-5H3,(H,21,23)/t15-/m1/s1. The maximum absolute atomic E-state index is 12.8. The van der Waals surface area contributed by atoms with Gasteiger partial charge in [0, 0.05) is 0 Å². The molecule has 0 aromatic heterocycles. The molecule has 1 rings (SSSR count). The predicted molar refractivity (Wildman–Crippen MR) is 110 cm³/mol. The quantitative estimate of drug-likeness (QED) is 0.521. The zero-order valence-electron chi connectivity index (χ0n) is 16.9. The van der Waals surface area contributed by atoms with E-state index in [9.17, 15) is 14.5 Å². The van der Waals surface area contributed by atoms with E-state index in [4.69, 9.17) is 25.4 Å². The summed E-state index contributed by atoms with van der Waals surface area (Å²) in [5.74, 6) is 0.131. The van der Waals surface area contributed by atoms with Gasteiger partial charge in [0.15, 0.2) is 0 Å². The second-order valence-electron chi connectivity index (χ2n) is 6.95. The number of hydrogen-bond donors (Lipinski definition) is 2. The van der Waals surface area contributed by atoms with Crippen molar-refractivity contribution in [3.8, 4) is 5.75 Å². The van der Waals surface area contributed by atoms with Gasteiger partial charge in [-0.05, 0) is 64.8 Å². The summed E-state index contributed by atoms with van der Waals surface area (Å²) in [6.45, 7) is 8.94. The Bertz CT molecular complexity index is 704. The Morgan fingerprint density at radius 1 is 1.21 bits per heavy atom. The highest BCUT2D eigenvalue weighted by molar-refractivity contribution is 7.61. The lowest BCUT2D eigenvalue weighted by Crippen LogP contribution is -2.39. The van der Waals surface area contributed by atoms with Crippen LogP contribution in [0.15, 0.2) is 35.1 Å². The number of phenolic OH excluding ortho intramolecular Hbond substituents is 1. The Kier molecular flexibility index (Phi) is 9.51. The molecule has 0 fully saturated rings. The van der Waals surface area contributed by atoms with Crippen molar-refractivity contribution in [1.82, 2.24) is 5.32 Å². The third-order valence-electron chi connectivity index (χ3n) is 3.29. The normalized spacial score (nSPS) is 13.9. The van der Waals surface area contributed by atoms with Crippen LogP contribution in [0.3, 0.4) is 0 Å². The number of carbonyl (C=O) groups excluding carboxylic acids is 1. The topological polar surface area (TPSA) is 94.1 Å². The smallest absolute Gasteiger partial charge is 0.408 e. The van der Waals surface area contributed by atoms with E-state index in [2.05, 4.69) is 5.32 Å². The van der Waals surface area contributed by atoms with E-state index in [0.29, 0.717) is 6.42 Å². The molecule has 0 heterocycles. The summed E-state index contributed by atoms with van der Waals surface area (Å²) in [5, 5.41) is 12.1. The van der Waals surface area contributed by atoms with E-state index in [0.717, 1.165) is 5.56 Å². The largest absolute Gasteiger partial charge is 0.508 e. The third kappa shape index (κ3) is 8.65. The number of ether oxygens (including phenoxy) is 1. The molecule has 158 valence electrons. The van der Waals surface area contributed by atoms with Crippen LogP contribution in [0.4, 0.5) is 4.79 Å². The van der Waals surface area contributed by atoms with Crippen LogP contribution in [-0.2, 0) is 24.8 Å². The Labute approximate surface area is 171 Å². The number of hydrogen-bond acceptors (Lipinski definition) is 6. The van der Waals surface area contributed by atoms with E-state index in [1.165, 1.54) is 18.2 Å². The fraction of sp³-hybridized carbons (Fsp3) is 0.526. The van der Waals surface area contributed by atoms with Crippen molar-refractivity contribution in [2.24, 2.45) is 0 Å². The molecule has 7 nitrogen and oxygen atoms in total. The molecule has 1 amide bonds. The van der Waals surface area contributed by atoms with Gasteiger partial charge in [-0.1, -0.05) is 23.7 Å². The molecular weight excluding hydrogens is 405 g/mol. The van der Waals surface area contributed by atoms with Crippen LogP contribution in [0.2, 0.25) is 0 Å². The van der Waals surface area contributed by atoms with Gasteiger partial charge in [0.05, 0.1) is 19.3 Å². The number of amides is 1. The highest BCUT2D eigenvalue weighted by Gasteiger charge is 2.30. The minimum absolute atomic E-state index is 0.115. The van der Waals surface area contributed by atoms with Crippen LogP contribution in [0, 0.1) is 0 Å². The van der Waals surface area contributed by atoms with Gasteiger partial charge in [0.2, 0.25) is 0 Å². The fourth-order valence-corrected chi connectivity index (χ4v) is 4.06. The number of aromatic hydroxyl groups is 1. The summed E-state index contributed by atoms with van der Waals surface area (Å²) >= 11 is 6.26. The van der Waals surface area contributed by atoms with Gasteiger partial charge in [-0.15, -0.1) is 0 Å². The summed E-state index contributed by atoms with van der Waals surface area (Å²) < 4.78 is 28.5.